The molecule has 4 rings (SSSR count). The Morgan fingerprint density at radius 2 is 2.08 bits per heavy atom. The fraction of sp³-hybridized carbons (Fsp3) is 0.842. The van der Waals surface area contributed by atoms with Crippen LogP contribution in [0.3, 0.4) is 0 Å². The Kier molecular flexibility index (Phi) is 5.01. The number of carbonyl (C=O) groups is 1. The lowest BCUT2D eigenvalue weighted by molar-refractivity contribution is -0.125. The molecule has 3 aliphatic rings. The van der Waals surface area contributed by atoms with Gasteiger partial charge in [-0.2, -0.15) is 0 Å². The average Bonchev–Trinajstić information content (AvgIpc) is 3.32. The molecule has 0 aromatic carbocycles. The Bertz CT molecular complexity index is 648. The molecule has 1 amide bonds. The first-order valence-electron chi connectivity index (χ1n) is 10.2. The van der Waals surface area contributed by atoms with Gasteiger partial charge >= 0.3 is 0 Å². The van der Waals surface area contributed by atoms with E-state index in [4.69, 9.17) is 0 Å². The summed E-state index contributed by atoms with van der Waals surface area (Å²) in [6.07, 6.45) is 6.67. The molecule has 1 atom stereocenters. The van der Waals surface area contributed by atoms with Crippen molar-refractivity contribution in [3.8, 4) is 0 Å². The molecule has 7 nitrogen and oxygen atoms in total. The maximum absolute atomic E-state index is 13.0. The van der Waals surface area contributed by atoms with Crippen LogP contribution in [0.25, 0.3) is 0 Å². The monoisotopic (exact) mass is 360 g/mol. The third-order valence-corrected chi connectivity index (χ3v) is 6.57. The van der Waals surface area contributed by atoms with Crippen LogP contribution >= 0.6 is 0 Å². The number of rotatable bonds is 5. The van der Waals surface area contributed by atoms with Crippen molar-refractivity contribution in [3.63, 3.8) is 0 Å². The van der Waals surface area contributed by atoms with Crippen LogP contribution in [0.1, 0.15) is 50.7 Å². The molecule has 0 aliphatic carbocycles. The van der Waals surface area contributed by atoms with Crippen molar-refractivity contribution in [1.29, 1.82) is 0 Å². The summed E-state index contributed by atoms with van der Waals surface area (Å²) < 4.78 is 2.16. The van der Waals surface area contributed by atoms with Crippen molar-refractivity contribution in [2.24, 2.45) is 5.41 Å². The molecular weight excluding hydrogens is 328 g/mol. The summed E-state index contributed by atoms with van der Waals surface area (Å²) in [5, 5.41) is 11.7. The van der Waals surface area contributed by atoms with Crippen molar-refractivity contribution < 1.29 is 4.79 Å². The van der Waals surface area contributed by atoms with Gasteiger partial charge in [0.1, 0.15) is 5.82 Å². The first-order chi connectivity index (χ1) is 12.6. The zero-order valence-electron chi connectivity index (χ0n) is 16.2. The SMILES string of the molecule is CCCN1CC2(CCN(C)CC2)C[C@@H]1C(=O)NCc1nnc2n1CCC2. The van der Waals surface area contributed by atoms with Gasteiger partial charge in [-0.25, -0.2) is 0 Å². The number of nitrogens with one attached hydrogen (secondary N) is 1. The van der Waals surface area contributed by atoms with E-state index in [1.807, 2.05) is 0 Å². The van der Waals surface area contributed by atoms with Crippen molar-refractivity contribution in [2.45, 2.75) is 64.6 Å². The third-order valence-electron chi connectivity index (χ3n) is 6.57. The molecule has 0 unspecified atom stereocenters. The Morgan fingerprint density at radius 1 is 1.27 bits per heavy atom. The summed E-state index contributed by atoms with van der Waals surface area (Å²) >= 11 is 0. The van der Waals surface area contributed by atoms with Crippen LogP contribution in [-0.4, -0.2) is 69.7 Å². The van der Waals surface area contributed by atoms with Gasteiger partial charge in [0.05, 0.1) is 12.6 Å². The van der Waals surface area contributed by atoms with Gasteiger partial charge in [-0.3, -0.25) is 9.69 Å². The zero-order valence-corrected chi connectivity index (χ0v) is 16.2. The molecule has 0 radical (unpaired) electrons. The number of aromatic nitrogens is 3. The van der Waals surface area contributed by atoms with E-state index >= 15 is 0 Å². The van der Waals surface area contributed by atoms with Gasteiger partial charge in [0.25, 0.3) is 0 Å². The van der Waals surface area contributed by atoms with Crippen LogP contribution < -0.4 is 5.32 Å². The van der Waals surface area contributed by atoms with Gasteiger partial charge in [0.2, 0.25) is 5.91 Å². The molecule has 144 valence electrons. The smallest absolute Gasteiger partial charge is 0.237 e. The number of amides is 1. The highest BCUT2D eigenvalue weighted by atomic mass is 16.2. The van der Waals surface area contributed by atoms with Crippen molar-refractivity contribution in [3.05, 3.63) is 11.6 Å². The Hall–Kier alpha value is -1.47. The fourth-order valence-electron chi connectivity index (χ4n) is 5.01. The first kappa shape index (κ1) is 17.9. The third kappa shape index (κ3) is 3.39. The van der Waals surface area contributed by atoms with E-state index in [2.05, 4.69) is 43.9 Å². The molecule has 3 aliphatic heterocycles. The topological polar surface area (TPSA) is 66.3 Å². The molecule has 1 aromatic rings. The highest BCUT2D eigenvalue weighted by molar-refractivity contribution is 5.82. The van der Waals surface area contributed by atoms with Crippen molar-refractivity contribution in [2.75, 3.05) is 33.2 Å². The molecule has 0 saturated carbocycles. The number of piperidine rings is 1. The maximum Gasteiger partial charge on any atom is 0.237 e. The van der Waals surface area contributed by atoms with Crippen LogP contribution in [0.4, 0.5) is 0 Å². The highest BCUT2D eigenvalue weighted by Crippen LogP contribution is 2.43. The summed E-state index contributed by atoms with van der Waals surface area (Å²) in [5.41, 5.74) is 0.333. The normalized spacial score (nSPS) is 25.7. The van der Waals surface area contributed by atoms with E-state index in [1.54, 1.807) is 0 Å². The van der Waals surface area contributed by atoms with Crippen LogP contribution in [0.5, 0.6) is 0 Å². The van der Waals surface area contributed by atoms with Gasteiger partial charge in [0, 0.05) is 19.5 Å². The molecule has 2 saturated heterocycles. The van der Waals surface area contributed by atoms with Crippen molar-refractivity contribution >= 4 is 5.91 Å². The van der Waals surface area contributed by atoms with E-state index in [9.17, 15) is 4.79 Å². The number of fused-ring (bicyclic) bond motifs is 1. The quantitative estimate of drug-likeness (QED) is 0.850. The van der Waals surface area contributed by atoms with E-state index in [-0.39, 0.29) is 11.9 Å². The number of nitrogens with zero attached hydrogens (tertiary/aromatic N) is 5. The number of hydrogen-bond acceptors (Lipinski definition) is 5. The van der Waals surface area contributed by atoms with Gasteiger partial charge in [-0.15, -0.1) is 10.2 Å². The number of aryl methyl sites for hydroxylation is 1. The summed E-state index contributed by atoms with van der Waals surface area (Å²) in [6, 6.07) is 0.0133. The van der Waals surface area contributed by atoms with Crippen LogP contribution in [-0.2, 0) is 24.3 Å². The molecule has 2 fully saturated rings. The van der Waals surface area contributed by atoms with E-state index < -0.39 is 0 Å². The van der Waals surface area contributed by atoms with Crippen LogP contribution in [0.15, 0.2) is 0 Å². The molecule has 7 heteroatoms. The second kappa shape index (κ2) is 7.27. The lowest BCUT2D eigenvalue weighted by Gasteiger charge is -2.37. The summed E-state index contributed by atoms with van der Waals surface area (Å²) in [4.78, 5) is 17.8. The van der Waals surface area contributed by atoms with Crippen LogP contribution in [0.2, 0.25) is 0 Å². The molecular formula is C19H32N6O. The fourth-order valence-corrected chi connectivity index (χ4v) is 5.01. The van der Waals surface area contributed by atoms with Gasteiger partial charge < -0.3 is 14.8 Å². The maximum atomic E-state index is 13.0. The summed E-state index contributed by atoms with van der Waals surface area (Å²) in [5.74, 6) is 2.14. The van der Waals surface area contributed by atoms with Crippen LogP contribution in [0, 0.1) is 5.41 Å². The van der Waals surface area contributed by atoms with Crippen molar-refractivity contribution in [1.82, 2.24) is 29.9 Å². The number of hydrogen-bond donors (Lipinski definition) is 1. The molecule has 4 heterocycles. The minimum atomic E-state index is 0.0133. The zero-order chi connectivity index (χ0) is 18.1. The largest absolute Gasteiger partial charge is 0.347 e. The Balaban J connectivity index is 1.40. The predicted molar refractivity (Wildman–Crippen MR) is 99.6 cm³/mol. The minimum absolute atomic E-state index is 0.0133. The molecule has 1 N–H and O–H groups in total. The summed E-state index contributed by atoms with van der Waals surface area (Å²) in [7, 11) is 2.20. The lowest BCUT2D eigenvalue weighted by atomic mass is 9.76. The van der Waals surface area contributed by atoms with E-state index in [0.717, 1.165) is 70.1 Å². The van der Waals surface area contributed by atoms with Gasteiger partial charge in [0.15, 0.2) is 5.82 Å². The average molecular weight is 361 g/mol. The second-order valence-electron chi connectivity index (χ2n) is 8.50. The second-order valence-corrected chi connectivity index (χ2v) is 8.50. The molecule has 0 bridgehead atoms. The lowest BCUT2D eigenvalue weighted by Crippen LogP contribution is -2.43. The van der Waals surface area contributed by atoms with Gasteiger partial charge in [-0.05, 0) is 64.2 Å². The Labute approximate surface area is 156 Å². The van der Waals surface area contributed by atoms with E-state index in [0.29, 0.717) is 12.0 Å². The standard InChI is InChI=1S/C19H32N6O/c1-3-8-24-14-19(6-10-23(2)11-7-19)12-15(24)18(26)20-13-17-22-21-16-5-4-9-25(16)17/h15H,3-14H2,1-2H3,(H,20,26)/t15-/m1/s1. The number of carbonyl (C=O) groups excluding carboxylic acids is 1. The predicted octanol–water partition coefficient (Wildman–Crippen LogP) is 1.04. The highest BCUT2D eigenvalue weighted by Gasteiger charge is 2.47. The minimum Gasteiger partial charge on any atom is -0.347 e. The number of likely N-dealkylation sites (tertiary alicyclic amines) is 2. The van der Waals surface area contributed by atoms with Gasteiger partial charge in [-0.1, -0.05) is 6.92 Å². The summed E-state index contributed by atoms with van der Waals surface area (Å²) in [6.45, 7) is 8.07. The van der Waals surface area contributed by atoms with E-state index in [1.165, 1.54) is 12.8 Å². The molecule has 1 aromatic heterocycles. The molecule has 26 heavy (non-hydrogen) atoms. The molecule has 1 spiro atoms. The Morgan fingerprint density at radius 3 is 2.85 bits per heavy atom. The first-order valence-corrected chi connectivity index (χ1v) is 10.2.